The Morgan fingerprint density at radius 1 is 1.24 bits per heavy atom. The lowest BCUT2D eigenvalue weighted by molar-refractivity contribution is 0.415. The molecular weight excluding hydrogens is 270 g/mol. The lowest BCUT2D eigenvalue weighted by atomic mass is 10.2. The maximum atomic E-state index is 5.95. The van der Waals surface area contributed by atoms with Gasteiger partial charge in [-0.05, 0) is 30.3 Å². The molecule has 2 N–H and O–H groups in total. The van der Waals surface area contributed by atoms with Crippen molar-refractivity contribution >= 4 is 22.5 Å². The molecule has 1 aromatic carbocycles. The molecule has 4 rings (SSSR count). The van der Waals surface area contributed by atoms with Crippen molar-refractivity contribution in [3.63, 3.8) is 0 Å². The molecule has 7 nitrogen and oxygen atoms in total. The predicted octanol–water partition coefficient (Wildman–Crippen LogP) is 2.13. The second kappa shape index (κ2) is 4.20. The summed E-state index contributed by atoms with van der Waals surface area (Å²) in [5, 5.41) is 5.16. The number of ether oxygens (including phenoxy) is 1. The first-order chi connectivity index (χ1) is 10.3. The number of aromatic nitrogens is 4. The summed E-state index contributed by atoms with van der Waals surface area (Å²) in [6.45, 7) is 0. The molecule has 3 aromatic heterocycles. The van der Waals surface area contributed by atoms with Crippen molar-refractivity contribution < 1.29 is 9.15 Å². The molecule has 0 aliphatic carbocycles. The Kier molecular flexibility index (Phi) is 2.34. The van der Waals surface area contributed by atoms with E-state index < -0.39 is 0 Å². The fraction of sp³-hybridized carbons (Fsp3) is 0.0714. The number of hydrogen-bond donors (Lipinski definition) is 1. The largest absolute Gasteiger partial charge is 0.497 e. The highest BCUT2D eigenvalue weighted by Gasteiger charge is 2.14. The van der Waals surface area contributed by atoms with E-state index in [-0.39, 0.29) is 5.95 Å². The molecule has 0 fully saturated rings. The van der Waals surface area contributed by atoms with E-state index in [1.54, 1.807) is 25.5 Å². The van der Waals surface area contributed by atoms with Gasteiger partial charge in [0.2, 0.25) is 11.8 Å². The minimum atomic E-state index is 0.271. The second-order valence-corrected chi connectivity index (χ2v) is 4.50. The maximum absolute atomic E-state index is 5.95. The molecule has 0 radical (unpaired) electrons. The van der Waals surface area contributed by atoms with Crippen molar-refractivity contribution in [2.24, 2.45) is 0 Å². The Morgan fingerprint density at radius 3 is 2.90 bits per heavy atom. The molecule has 0 bridgehead atoms. The zero-order chi connectivity index (χ0) is 14.4. The Bertz CT molecular complexity index is 943. The van der Waals surface area contributed by atoms with E-state index in [0.717, 1.165) is 16.7 Å². The third-order valence-corrected chi connectivity index (χ3v) is 3.25. The zero-order valence-corrected chi connectivity index (χ0v) is 11.1. The van der Waals surface area contributed by atoms with E-state index in [9.17, 15) is 0 Å². The predicted molar refractivity (Wildman–Crippen MR) is 77.0 cm³/mol. The molecule has 0 spiro atoms. The van der Waals surface area contributed by atoms with Crippen LogP contribution in [0, 0.1) is 0 Å². The molecule has 0 aliphatic heterocycles. The van der Waals surface area contributed by atoms with Crippen molar-refractivity contribution in [2.75, 3.05) is 12.8 Å². The highest BCUT2D eigenvalue weighted by Crippen LogP contribution is 2.26. The van der Waals surface area contributed by atoms with Crippen LogP contribution >= 0.6 is 0 Å². The van der Waals surface area contributed by atoms with E-state index in [1.165, 1.54) is 4.52 Å². The molecule has 0 amide bonds. The van der Waals surface area contributed by atoms with Crippen molar-refractivity contribution in [2.45, 2.75) is 0 Å². The lowest BCUT2D eigenvalue weighted by Gasteiger charge is -2.04. The molecule has 4 aromatic rings. The number of nitrogens with two attached hydrogens (primary N) is 1. The highest BCUT2D eigenvalue weighted by atomic mass is 16.5. The molecule has 0 unspecified atom stereocenters. The van der Waals surface area contributed by atoms with Gasteiger partial charge in [-0.15, -0.1) is 5.10 Å². The van der Waals surface area contributed by atoms with Gasteiger partial charge in [-0.1, -0.05) is 0 Å². The average molecular weight is 281 g/mol. The van der Waals surface area contributed by atoms with E-state index in [4.69, 9.17) is 14.9 Å². The number of methoxy groups -OCH3 is 1. The standard InChI is InChI=1S/C14H11N5O2/c1-20-8-4-5-10-9(7-8)13-17-12(11-3-2-6-21-11)18-19(13)14(15)16-10/h2-7H,1H3,(H2,15,16). The Hall–Kier alpha value is -3.09. The Morgan fingerprint density at radius 2 is 2.14 bits per heavy atom. The first kappa shape index (κ1) is 11.7. The van der Waals surface area contributed by atoms with Gasteiger partial charge in [0.25, 0.3) is 0 Å². The van der Waals surface area contributed by atoms with Gasteiger partial charge in [0.1, 0.15) is 5.75 Å². The van der Waals surface area contributed by atoms with Crippen LogP contribution in [0.2, 0.25) is 0 Å². The van der Waals surface area contributed by atoms with Crippen LogP contribution in [0.15, 0.2) is 41.0 Å². The van der Waals surface area contributed by atoms with Gasteiger partial charge in [0.05, 0.1) is 18.9 Å². The van der Waals surface area contributed by atoms with Crippen molar-refractivity contribution in [3.8, 4) is 17.3 Å². The summed E-state index contributed by atoms with van der Waals surface area (Å²) in [6, 6.07) is 9.10. The summed E-state index contributed by atoms with van der Waals surface area (Å²) < 4.78 is 12.1. The Labute approximate surface area is 119 Å². The van der Waals surface area contributed by atoms with Crippen LogP contribution in [0.1, 0.15) is 0 Å². The van der Waals surface area contributed by atoms with Gasteiger partial charge >= 0.3 is 0 Å². The molecule has 21 heavy (non-hydrogen) atoms. The number of benzene rings is 1. The van der Waals surface area contributed by atoms with Crippen LogP contribution in [0.4, 0.5) is 5.95 Å². The highest BCUT2D eigenvalue weighted by molar-refractivity contribution is 5.93. The van der Waals surface area contributed by atoms with Crippen LogP contribution in [0.3, 0.4) is 0 Å². The number of fused-ring (bicyclic) bond motifs is 3. The number of furan rings is 1. The molecule has 0 aliphatic rings. The fourth-order valence-electron chi connectivity index (χ4n) is 2.25. The van der Waals surface area contributed by atoms with Gasteiger partial charge in [-0.25, -0.2) is 9.97 Å². The molecule has 0 atom stereocenters. The fourth-order valence-corrected chi connectivity index (χ4v) is 2.25. The number of anilines is 1. The van der Waals surface area contributed by atoms with Crippen molar-refractivity contribution in [3.05, 3.63) is 36.6 Å². The monoisotopic (exact) mass is 281 g/mol. The first-order valence-corrected chi connectivity index (χ1v) is 6.30. The summed E-state index contributed by atoms with van der Waals surface area (Å²) >= 11 is 0. The third kappa shape index (κ3) is 1.71. The van der Waals surface area contributed by atoms with Gasteiger partial charge < -0.3 is 14.9 Å². The summed E-state index contributed by atoms with van der Waals surface area (Å²) in [5.74, 6) is 2.03. The van der Waals surface area contributed by atoms with Crippen molar-refractivity contribution in [1.82, 2.24) is 19.6 Å². The summed E-state index contributed by atoms with van der Waals surface area (Å²) in [4.78, 5) is 8.83. The quantitative estimate of drug-likeness (QED) is 0.605. The SMILES string of the molecule is COc1ccc2nc(N)n3nc(-c4ccco4)nc3c2c1. The normalized spacial score (nSPS) is 11.3. The maximum Gasteiger partial charge on any atom is 0.223 e. The minimum Gasteiger partial charge on any atom is -0.497 e. The molecule has 0 saturated carbocycles. The van der Waals surface area contributed by atoms with Crippen LogP contribution in [0.5, 0.6) is 5.75 Å². The lowest BCUT2D eigenvalue weighted by Crippen LogP contribution is -2.02. The molecule has 3 heterocycles. The summed E-state index contributed by atoms with van der Waals surface area (Å²) in [7, 11) is 1.61. The van der Waals surface area contributed by atoms with Gasteiger partial charge in [0, 0.05) is 5.39 Å². The van der Waals surface area contributed by atoms with Gasteiger partial charge in [0.15, 0.2) is 11.4 Å². The molecule has 104 valence electrons. The molecule has 0 saturated heterocycles. The van der Waals surface area contributed by atoms with Gasteiger partial charge in [-0.3, -0.25) is 0 Å². The zero-order valence-electron chi connectivity index (χ0n) is 11.1. The summed E-state index contributed by atoms with van der Waals surface area (Å²) in [6.07, 6.45) is 1.57. The van der Waals surface area contributed by atoms with Crippen LogP contribution in [0.25, 0.3) is 28.1 Å². The van der Waals surface area contributed by atoms with Crippen LogP contribution in [-0.4, -0.2) is 26.7 Å². The first-order valence-electron chi connectivity index (χ1n) is 6.30. The smallest absolute Gasteiger partial charge is 0.223 e. The average Bonchev–Trinajstić information content (AvgIpc) is 3.16. The second-order valence-electron chi connectivity index (χ2n) is 4.50. The minimum absolute atomic E-state index is 0.271. The Balaban J connectivity index is 2.08. The number of rotatable bonds is 2. The molecular formula is C14H11N5O2. The van der Waals surface area contributed by atoms with E-state index in [1.807, 2.05) is 18.2 Å². The van der Waals surface area contributed by atoms with Crippen molar-refractivity contribution in [1.29, 1.82) is 0 Å². The number of hydrogen-bond acceptors (Lipinski definition) is 6. The third-order valence-electron chi connectivity index (χ3n) is 3.25. The van der Waals surface area contributed by atoms with E-state index in [2.05, 4.69) is 15.1 Å². The molecule has 7 heteroatoms. The topological polar surface area (TPSA) is 91.5 Å². The van der Waals surface area contributed by atoms with Gasteiger partial charge in [-0.2, -0.15) is 4.52 Å². The van der Waals surface area contributed by atoms with E-state index in [0.29, 0.717) is 17.2 Å². The van der Waals surface area contributed by atoms with E-state index >= 15 is 0 Å². The van der Waals surface area contributed by atoms with Crippen LogP contribution in [-0.2, 0) is 0 Å². The summed E-state index contributed by atoms with van der Waals surface area (Å²) in [5.41, 5.74) is 7.30. The van der Waals surface area contributed by atoms with Crippen LogP contribution < -0.4 is 10.5 Å². The number of nitrogens with zero attached hydrogens (tertiary/aromatic N) is 4. The number of nitrogen functional groups attached to an aromatic ring is 1.